The van der Waals surface area contributed by atoms with Crippen LogP contribution in [0.3, 0.4) is 0 Å². The Kier molecular flexibility index (Phi) is 2.63. The van der Waals surface area contributed by atoms with Crippen LogP contribution < -0.4 is 0 Å². The zero-order chi connectivity index (χ0) is 8.27. The predicted octanol–water partition coefficient (Wildman–Crippen LogP) is 1.57. The summed E-state index contributed by atoms with van der Waals surface area (Å²) in [5, 5.41) is 9.47. The van der Waals surface area contributed by atoms with Gasteiger partial charge in [0.15, 0.2) is 6.29 Å². The van der Waals surface area contributed by atoms with E-state index in [0.29, 0.717) is 16.9 Å². The third kappa shape index (κ3) is 1.79. The van der Waals surface area contributed by atoms with Crippen molar-refractivity contribution in [2.24, 2.45) is 0 Å². The molecule has 0 aliphatic heterocycles. The second-order valence-electron chi connectivity index (χ2n) is 2.10. The maximum absolute atomic E-state index is 10.1. The molecule has 0 saturated heterocycles. The molecule has 0 aliphatic rings. The lowest BCUT2D eigenvalue weighted by Gasteiger charge is -2.03. The maximum Gasteiger partial charge on any atom is 0.153 e. The van der Waals surface area contributed by atoms with Crippen LogP contribution in [-0.2, 0) is 4.79 Å². The van der Waals surface area contributed by atoms with Gasteiger partial charge < -0.3 is 9.90 Å². The molecule has 58 valence electrons. The van der Waals surface area contributed by atoms with Crippen molar-refractivity contribution in [3.63, 3.8) is 0 Å². The van der Waals surface area contributed by atoms with Crippen molar-refractivity contribution >= 4 is 17.9 Å². The summed E-state index contributed by atoms with van der Waals surface area (Å²) in [4.78, 5) is 10.1. The zero-order valence-corrected chi connectivity index (χ0v) is 6.45. The highest BCUT2D eigenvalue weighted by Crippen LogP contribution is 2.20. The Morgan fingerprint density at radius 3 is 2.64 bits per heavy atom. The highest BCUT2D eigenvalue weighted by molar-refractivity contribution is 6.31. The molecule has 0 unspecified atom stereocenters. The molecular formula is C8H7ClO2. The van der Waals surface area contributed by atoms with Crippen molar-refractivity contribution < 1.29 is 9.90 Å². The molecule has 3 heteroatoms. The summed E-state index contributed by atoms with van der Waals surface area (Å²) in [6.45, 7) is 0. The van der Waals surface area contributed by atoms with Crippen molar-refractivity contribution in [2.75, 3.05) is 0 Å². The van der Waals surface area contributed by atoms with Gasteiger partial charge in [-0.3, -0.25) is 0 Å². The normalized spacial score (nSPS) is 12.5. The SMILES string of the molecule is O=C[C@@H](O)c1ccccc1Cl. The summed E-state index contributed by atoms with van der Waals surface area (Å²) in [6.07, 6.45) is -0.662. The molecule has 0 heterocycles. The number of carbonyl (C=O) groups is 1. The number of rotatable bonds is 2. The highest BCUT2D eigenvalue weighted by atomic mass is 35.5. The van der Waals surface area contributed by atoms with E-state index >= 15 is 0 Å². The van der Waals surface area contributed by atoms with Gasteiger partial charge in [-0.1, -0.05) is 29.8 Å². The summed E-state index contributed by atoms with van der Waals surface area (Å²) in [6, 6.07) is 6.70. The molecule has 0 bridgehead atoms. The van der Waals surface area contributed by atoms with E-state index in [2.05, 4.69) is 0 Å². The van der Waals surface area contributed by atoms with Crippen molar-refractivity contribution in [2.45, 2.75) is 6.10 Å². The van der Waals surface area contributed by atoms with Crippen molar-refractivity contribution in [1.82, 2.24) is 0 Å². The third-order valence-corrected chi connectivity index (χ3v) is 1.70. The molecule has 0 radical (unpaired) electrons. The number of hydrogen-bond donors (Lipinski definition) is 1. The van der Waals surface area contributed by atoms with E-state index in [1.54, 1.807) is 24.3 Å². The van der Waals surface area contributed by atoms with Gasteiger partial charge in [0.05, 0.1) is 0 Å². The van der Waals surface area contributed by atoms with Gasteiger partial charge in [-0.2, -0.15) is 0 Å². The second-order valence-corrected chi connectivity index (χ2v) is 2.51. The van der Waals surface area contributed by atoms with E-state index in [1.807, 2.05) is 0 Å². The second kappa shape index (κ2) is 3.51. The van der Waals surface area contributed by atoms with E-state index in [9.17, 15) is 4.79 Å². The standard InChI is InChI=1S/C8H7ClO2/c9-7-4-2-1-3-6(7)8(11)5-10/h1-5,8,11H/t8-/m1/s1. The minimum absolute atomic E-state index is 0.409. The van der Waals surface area contributed by atoms with Gasteiger partial charge in [-0.15, -0.1) is 0 Å². The average molecular weight is 171 g/mol. The molecule has 1 aromatic rings. The summed E-state index contributed by atoms with van der Waals surface area (Å²) < 4.78 is 0. The maximum atomic E-state index is 10.1. The number of hydrogen-bond acceptors (Lipinski definition) is 2. The van der Waals surface area contributed by atoms with Crippen LogP contribution in [-0.4, -0.2) is 11.4 Å². The minimum atomic E-state index is -1.11. The molecule has 0 aromatic heterocycles. The van der Waals surface area contributed by atoms with Crippen molar-refractivity contribution in [1.29, 1.82) is 0 Å². The average Bonchev–Trinajstić information content (AvgIpc) is 2.04. The molecule has 11 heavy (non-hydrogen) atoms. The van der Waals surface area contributed by atoms with E-state index in [0.717, 1.165) is 0 Å². The number of halogens is 1. The van der Waals surface area contributed by atoms with Crippen LogP contribution in [0.2, 0.25) is 5.02 Å². The Balaban J connectivity index is 3.02. The van der Waals surface area contributed by atoms with Crippen LogP contribution in [0.4, 0.5) is 0 Å². The fraction of sp³-hybridized carbons (Fsp3) is 0.125. The van der Waals surface area contributed by atoms with Gasteiger partial charge in [0.25, 0.3) is 0 Å². The first-order chi connectivity index (χ1) is 5.25. The molecule has 1 N–H and O–H groups in total. The molecule has 1 rings (SSSR count). The van der Waals surface area contributed by atoms with Gasteiger partial charge in [0.1, 0.15) is 6.10 Å². The number of aliphatic hydroxyl groups is 1. The highest BCUT2D eigenvalue weighted by Gasteiger charge is 2.07. The van der Waals surface area contributed by atoms with Crippen LogP contribution in [0.15, 0.2) is 24.3 Å². The number of carbonyl (C=O) groups excluding carboxylic acids is 1. The molecular weight excluding hydrogens is 164 g/mol. The van der Waals surface area contributed by atoms with Crippen LogP contribution in [0.25, 0.3) is 0 Å². The molecule has 0 fully saturated rings. The molecule has 1 atom stereocenters. The smallest absolute Gasteiger partial charge is 0.153 e. The van der Waals surface area contributed by atoms with Gasteiger partial charge in [-0.25, -0.2) is 0 Å². The Bertz CT molecular complexity index is 260. The fourth-order valence-corrected chi connectivity index (χ4v) is 1.04. The third-order valence-electron chi connectivity index (χ3n) is 1.35. The van der Waals surface area contributed by atoms with Gasteiger partial charge >= 0.3 is 0 Å². The molecule has 0 amide bonds. The first-order valence-corrected chi connectivity index (χ1v) is 3.51. The number of aliphatic hydroxyl groups excluding tert-OH is 1. The quantitative estimate of drug-likeness (QED) is 0.685. The van der Waals surface area contributed by atoms with Gasteiger partial charge in [0, 0.05) is 10.6 Å². The zero-order valence-electron chi connectivity index (χ0n) is 5.70. The summed E-state index contributed by atoms with van der Waals surface area (Å²) in [7, 11) is 0. The molecule has 1 aromatic carbocycles. The predicted molar refractivity (Wildman–Crippen MR) is 42.5 cm³/mol. The van der Waals surface area contributed by atoms with Crippen molar-refractivity contribution in [3.8, 4) is 0 Å². The summed E-state index contributed by atoms with van der Waals surface area (Å²) in [5.41, 5.74) is 0.448. The van der Waals surface area contributed by atoms with Crippen LogP contribution >= 0.6 is 11.6 Å². The van der Waals surface area contributed by atoms with Gasteiger partial charge in [0.2, 0.25) is 0 Å². The summed E-state index contributed by atoms with van der Waals surface area (Å²) in [5.74, 6) is 0. The van der Waals surface area contributed by atoms with Crippen LogP contribution in [0.5, 0.6) is 0 Å². The Morgan fingerprint density at radius 2 is 2.09 bits per heavy atom. The largest absolute Gasteiger partial charge is 0.381 e. The lowest BCUT2D eigenvalue weighted by molar-refractivity contribution is -0.115. The lowest BCUT2D eigenvalue weighted by Crippen LogP contribution is -1.98. The van der Waals surface area contributed by atoms with E-state index in [4.69, 9.17) is 16.7 Å². The Morgan fingerprint density at radius 1 is 1.45 bits per heavy atom. The van der Waals surface area contributed by atoms with Crippen LogP contribution in [0, 0.1) is 0 Å². The first kappa shape index (κ1) is 8.24. The Labute approximate surface area is 69.4 Å². The van der Waals surface area contributed by atoms with E-state index < -0.39 is 6.10 Å². The first-order valence-electron chi connectivity index (χ1n) is 3.13. The molecule has 2 nitrogen and oxygen atoms in total. The molecule has 0 saturated carbocycles. The molecule has 0 spiro atoms. The lowest BCUT2D eigenvalue weighted by atomic mass is 10.1. The topological polar surface area (TPSA) is 37.3 Å². The number of benzene rings is 1. The summed E-state index contributed by atoms with van der Waals surface area (Å²) >= 11 is 5.68. The molecule has 0 aliphatic carbocycles. The van der Waals surface area contributed by atoms with E-state index in [-0.39, 0.29) is 0 Å². The van der Waals surface area contributed by atoms with Crippen molar-refractivity contribution in [3.05, 3.63) is 34.9 Å². The van der Waals surface area contributed by atoms with Crippen LogP contribution in [0.1, 0.15) is 11.7 Å². The monoisotopic (exact) mass is 170 g/mol. The van der Waals surface area contributed by atoms with E-state index in [1.165, 1.54) is 0 Å². The fourth-order valence-electron chi connectivity index (χ4n) is 0.788. The number of aldehydes is 1. The Hall–Kier alpha value is -0.860. The van der Waals surface area contributed by atoms with Gasteiger partial charge in [-0.05, 0) is 6.07 Å². The minimum Gasteiger partial charge on any atom is -0.381 e.